The minimum Gasteiger partial charge on any atom is -0.381 e. The van der Waals surface area contributed by atoms with Gasteiger partial charge in [-0.25, -0.2) is 0 Å². The van der Waals surface area contributed by atoms with Gasteiger partial charge in [-0.2, -0.15) is 0 Å². The van der Waals surface area contributed by atoms with E-state index in [1.807, 2.05) is 0 Å². The molecule has 0 aromatic heterocycles. The summed E-state index contributed by atoms with van der Waals surface area (Å²) in [6.07, 6.45) is 7.99. The number of hydrogen-bond donors (Lipinski definition) is 1. The number of likely N-dealkylation sites (tertiary alicyclic amines) is 1. The Morgan fingerprint density at radius 1 is 1.17 bits per heavy atom. The molecule has 2 heterocycles. The van der Waals surface area contributed by atoms with Gasteiger partial charge in [-0.05, 0) is 51.1 Å². The van der Waals surface area contributed by atoms with Gasteiger partial charge in [-0.15, -0.1) is 0 Å². The van der Waals surface area contributed by atoms with Gasteiger partial charge in [-0.3, -0.25) is 4.90 Å². The van der Waals surface area contributed by atoms with Crippen LogP contribution >= 0.6 is 0 Å². The van der Waals surface area contributed by atoms with Crippen LogP contribution in [-0.4, -0.2) is 50.3 Å². The molecule has 1 N–H and O–H groups in total. The van der Waals surface area contributed by atoms with Crippen LogP contribution in [0, 0.1) is 5.92 Å². The Balaban J connectivity index is 1.75. The zero-order valence-electron chi connectivity index (χ0n) is 12.0. The van der Waals surface area contributed by atoms with E-state index in [4.69, 9.17) is 4.74 Å². The molecule has 0 bridgehead atoms. The molecule has 3 nitrogen and oxygen atoms in total. The molecule has 1 atom stereocenters. The van der Waals surface area contributed by atoms with Crippen LogP contribution in [0.5, 0.6) is 0 Å². The Hall–Kier alpha value is -0.120. The molecule has 0 radical (unpaired) electrons. The third-order valence-electron chi connectivity index (χ3n) is 4.39. The van der Waals surface area contributed by atoms with Gasteiger partial charge in [0, 0.05) is 32.3 Å². The van der Waals surface area contributed by atoms with Crippen LogP contribution < -0.4 is 5.32 Å². The predicted octanol–water partition coefficient (Wildman–Crippen LogP) is 2.27. The maximum absolute atomic E-state index is 5.46. The summed E-state index contributed by atoms with van der Waals surface area (Å²) in [5.74, 6) is 0.880. The van der Waals surface area contributed by atoms with E-state index in [2.05, 4.69) is 17.1 Å². The molecule has 0 amide bonds. The van der Waals surface area contributed by atoms with Crippen LogP contribution in [0.1, 0.15) is 45.4 Å². The van der Waals surface area contributed by atoms with E-state index in [1.165, 1.54) is 64.7 Å². The second kappa shape index (κ2) is 8.13. The summed E-state index contributed by atoms with van der Waals surface area (Å²) in [6, 6.07) is 0.785. The lowest BCUT2D eigenvalue weighted by molar-refractivity contribution is 0.0385. The van der Waals surface area contributed by atoms with E-state index in [1.54, 1.807) is 0 Å². The quantitative estimate of drug-likeness (QED) is 0.736. The SMILES string of the molecule is CCCNCC1CCCCN1CC1CCOCC1. The van der Waals surface area contributed by atoms with Crippen molar-refractivity contribution in [3.05, 3.63) is 0 Å². The van der Waals surface area contributed by atoms with Crippen molar-refractivity contribution >= 4 is 0 Å². The molecule has 2 aliphatic rings. The molecular weight excluding hydrogens is 224 g/mol. The first-order valence-electron chi connectivity index (χ1n) is 7.92. The molecule has 0 aromatic carbocycles. The van der Waals surface area contributed by atoms with E-state index in [9.17, 15) is 0 Å². The van der Waals surface area contributed by atoms with Crippen molar-refractivity contribution in [2.24, 2.45) is 5.92 Å². The van der Waals surface area contributed by atoms with Crippen LogP contribution in [0.4, 0.5) is 0 Å². The third kappa shape index (κ3) is 4.52. The summed E-state index contributed by atoms with van der Waals surface area (Å²) in [7, 11) is 0. The lowest BCUT2D eigenvalue weighted by Gasteiger charge is -2.39. The maximum Gasteiger partial charge on any atom is 0.0469 e. The molecule has 0 aromatic rings. The number of rotatable bonds is 6. The van der Waals surface area contributed by atoms with E-state index >= 15 is 0 Å². The van der Waals surface area contributed by atoms with Crippen molar-refractivity contribution in [3.8, 4) is 0 Å². The maximum atomic E-state index is 5.46. The van der Waals surface area contributed by atoms with Crippen LogP contribution in [0.2, 0.25) is 0 Å². The molecule has 1 unspecified atom stereocenters. The van der Waals surface area contributed by atoms with E-state index in [0.717, 1.165) is 25.2 Å². The smallest absolute Gasteiger partial charge is 0.0469 e. The lowest BCUT2D eigenvalue weighted by Crippen LogP contribution is -2.48. The van der Waals surface area contributed by atoms with Gasteiger partial charge in [0.1, 0.15) is 0 Å². The van der Waals surface area contributed by atoms with Crippen LogP contribution in [0.25, 0.3) is 0 Å². The molecule has 18 heavy (non-hydrogen) atoms. The molecule has 2 fully saturated rings. The number of hydrogen-bond acceptors (Lipinski definition) is 3. The predicted molar refractivity (Wildman–Crippen MR) is 75.9 cm³/mol. The standard InChI is InChI=1S/C15H30N2O/c1-2-8-16-12-15-5-3-4-9-17(15)13-14-6-10-18-11-7-14/h14-16H,2-13H2,1H3. The Bertz CT molecular complexity index is 217. The van der Waals surface area contributed by atoms with E-state index in [0.29, 0.717) is 0 Å². The van der Waals surface area contributed by atoms with Crippen LogP contribution in [0.15, 0.2) is 0 Å². The summed E-state index contributed by atoms with van der Waals surface area (Å²) in [5.41, 5.74) is 0. The lowest BCUT2D eigenvalue weighted by atomic mass is 9.95. The molecule has 0 aliphatic carbocycles. The van der Waals surface area contributed by atoms with Gasteiger partial charge in [0.05, 0.1) is 0 Å². The third-order valence-corrected chi connectivity index (χ3v) is 4.39. The minimum absolute atomic E-state index is 0.785. The highest BCUT2D eigenvalue weighted by Crippen LogP contribution is 2.22. The van der Waals surface area contributed by atoms with E-state index in [-0.39, 0.29) is 0 Å². The molecule has 2 aliphatic heterocycles. The van der Waals surface area contributed by atoms with Crippen molar-refractivity contribution in [3.63, 3.8) is 0 Å². The molecular formula is C15H30N2O. The fraction of sp³-hybridized carbons (Fsp3) is 1.00. The first kappa shape index (κ1) is 14.3. The van der Waals surface area contributed by atoms with Crippen LogP contribution in [-0.2, 0) is 4.74 Å². The zero-order valence-corrected chi connectivity index (χ0v) is 12.0. The van der Waals surface area contributed by atoms with Crippen molar-refractivity contribution in [2.75, 3.05) is 39.4 Å². The first-order chi connectivity index (χ1) is 8.90. The zero-order chi connectivity index (χ0) is 12.6. The van der Waals surface area contributed by atoms with Gasteiger partial charge in [-0.1, -0.05) is 13.3 Å². The topological polar surface area (TPSA) is 24.5 Å². The molecule has 2 rings (SSSR count). The monoisotopic (exact) mass is 254 g/mol. The molecule has 0 spiro atoms. The number of piperidine rings is 1. The largest absolute Gasteiger partial charge is 0.381 e. The molecule has 2 saturated heterocycles. The highest BCUT2D eigenvalue weighted by Gasteiger charge is 2.25. The number of ether oxygens (including phenoxy) is 1. The van der Waals surface area contributed by atoms with Crippen molar-refractivity contribution in [1.82, 2.24) is 10.2 Å². The highest BCUT2D eigenvalue weighted by molar-refractivity contribution is 4.81. The highest BCUT2D eigenvalue weighted by atomic mass is 16.5. The van der Waals surface area contributed by atoms with Crippen molar-refractivity contribution in [2.45, 2.75) is 51.5 Å². The molecule has 0 saturated carbocycles. The average molecular weight is 254 g/mol. The van der Waals surface area contributed by atoms with Gasteiger partial charge in [0.2, 0.25) is 0 Å². The van der Waals surface area contributed by atoms with Crippen molar-refractivity contribution < 1.29 is 4.74 Å². The Labute approximate surface area is 112 Å². The van der Waals surface area contributed by atoms with Crippen molar-refractivity contribution in [1.29, 1.82) is 0 Å². The number of nitrogens with zero attached hydrogens (tertiary/aromatic N) is 1. The normalized spacial score (nSPS) is 27.5. The Morgan fingerprint density at radius 3 is 2.78 bits per heavy atom. The molecule has 106 valence electrons. The van der Waals surface area contributed by atoms with Crippen LogP contribution in [0.3, 0.4) is 0 Å². The Morgan fingerprint density at radius 2 is 2.00 bits per heavy atom. The summed E-state index contributed by atoms with van der Waals surface area (Å²) in [6.45, 7) is 9.19. The average Bonchev–Trinajstić information content (AvgIpc) is 2.42. The number of nitrogens with one attached hydrogen (secondary N) is 1. The summed E-state index contributed by atoms with van der Waals surface area (Å²) >= 11 is 0. The van der Waals surface area contributed by atoms with Gasteiger partial charge in [0.15, 0.2) is 0 Å². The van der Waals surface area contributed by atoms with Gasteiger partial charge < -0.3 is 10.1 Å². The Kier molecular flexibility index (Phi) is 6.46. The fourth-order valence-electron chi connectivity index (χ4n) is 3.24. The van der Waals surface area contributed by atoms with Gasteiger partial charge in [0.25, 0.3) is 0 Å². The second-order valence-corrected chi connectivity index (χ2v) is 5.90. The minimum atomic E-state index is 0.785. The first-order valence-corrected chi connectivity index (χ1v) is 7.92. The summed E-state index contributed by atoms with van der Waals surface area (Å²) < 4.78 is 5.46. The van der Waals surface area contributed by atoms with E-state index < -0.39 is 0 Å². The molecule has 3 heteroatoms. The summed E-state index contributed by atoms with van der Waals surface area (Å²) in [4.78, 5) is 2.75. The van der Waals surface area contributed by atoms with Gasteiger partial charge >= 0.3 is 0 Å². The second-order valence-electron chi connectivity index (χ2n) is 5.90. The summed E-state index contributed by atoms with van der Waals surface area (Å²) in [5, 5.41) is 3.61. The fourth-order valence-corrected chi connectivity index (χ4v) is 3.24.